The molecule has 0 spiro atoms. The van der Waals surface area contributed by atoms with Crippen molar-refractivity contribution < 1.29 is 25.5 Å². The van der Waals surface area contributed by atoms with E-state index in [1.165, 1.54) is 0 Å². The van der Waals surface area contributed by atoms with Crippen molar-refractivity contribution >= 4 is 0 Å². The average Bonchev–Trinajstić information content (AvgIpc) is 2.00. The monoisotopic (exact) mass is 272 g/mol. The second kappa shape index (κ2) is 36.0. The van der Waals surface area contributed by atoms with Crippen LogP contribution in [0.5, 0.6) is 0 Å². The van der Waals surface area contributed by atoms with Gasteiger partial charge < -0.3 is 25.5 Å². The molecule has 0 unspecified atom stereocenters. The molecule has 5 nitrogen and oxygen atoms in total. The fraction of sp³-hybridized carbons (Fsp3) is 1.00. The van der Waals surface area contributed by atoms with Crippen molar-refractivity contribution in [1.82, 2.24) is 0 Å². The molecule has 0 aliphatic heterocycles. The van der Waals surface area contributed by atoms with Crippen molar-refractivity contribution in [3.8, 4) is 0 Å². The van der Waals surface area contributed by atoms with Crippen LogP contribution in [0.3, 0.4) is 0 Å². The normalized spacial score (nSPS) is 8.00. The van der Waals surface area contributed by atoms with Gasteiger partial charge in [-0.15, -0.1) is 0 Å². The molecule has 0 saturated heterocycles. The fourth-order valence-electron chi connectivity index (χ4n) is 0. The van der Waals surface area contributed by atoms with Gasteiger partial charge in [-0.2, -0.15) is 0 Å². The highest BCUT2D eigenvalue weighted by Gasteiger charge is 1.70. The van der Waals surface area contributed by atoms with E-state index < -0.39 is 0 Å². The smallest absolute Gasteiger partial charge is 0.0483 e. The van der Waals surface area contributed by atoms with Crippen LogP contribution in [-0.4, -0.2) is 57.1 Å². The van der Waals surface area contributed by atoms with E-state index in [1.807, 2.05) is 0 Å². The van der Waals surface area contributed by atoms with Gasteiger partial charge in [-0.3, -0.25) is 0 Å². The SMILES string of the molecule is CC(C)O.CC(C)O.CC(C)O.CCO.CCO. The van der Waals surface area contributed by atoms with Crippen molar-refractivity contribution in [3.63, 3.8) is 0 Å². The molecule has 0 aromatic heterocycles. The Morgan fingerprint density at radius 3 is 0.556 bits per heavy atom. The van der Waals surface area contributed by atoms with Gasteiger partial charge >= 0.3 is 0 Å². The predicted molar refractivity (Wildman–Crippen MR) is 77.6 cm³/mol. The van der Waals surface area contributed by atoms with Crippen LogP contribution in [0.1, 0.15) is 55.4 Å². The largest absolute Gasteiger partial charge is 0.397 e. The third-order valence-corrected chi connectivity index (χ3v) is 0. The Balaban J connectivity index is -0.0000000394. The lowest BCUT2D eigenvalue weighted by Gasteiger charge is -1.80. The van der Waals surface area contributed by atoms with Crippen molar-refractivity contribution in [2.45, 2.75) is 73.7 Å². The summed E-state index contributed by atoms with van der Waals surface area (Å²) in [4.78, 5) is 0. The second-order valence-corrected chi connectivity index (χ2v) is 3.91. The molecule has 5 N–H and O–H groups in total. The van der Waals surface area contributed by atoms with Gasteiger partial charge in [0.05, 0.1) is 0 Å². The Kier molecular flexibility index (Phi) is 61.3. The van der Waals surface area contributed by atoms with Crippen LogP contribution in [0.15, 0.2) is 0 Å². The summed E-state index contributed by atoms with van der Waals surface area (Å²) in [7, 11) is 0. The summed E-state index contributed by atoms with van der Waals surface area (Å²) < 4.78 is 0. The Morgan fingerprint density at radius 1 is 0.556 bits per heavy atom. The predicted octanol–water partition coefficient (Wildman–Crippen LogP) is 1.16. The summed E-state index contributed by atoms with van der Waals surface area (Å²) in [6.45, 7) is 14.2. The summed E-state index contributed by atoms with van der Waals surface area (Å²) in [6, 6.07) is 0. The topological polar surface area (TPSA) is 101 Å². The lowest BCUT2D eigenvalue weighted by molar-refractivity contribution is 0.215. The van der Waals surface area contributed by atoms with Crippen molar-refractivity contribution in [2.24, 2.45) is 0 Å². The van der Waals surface area contributed by atoms with Gasteiger partial charge in [-0.05, 0) is 55.4 Å². The highest BCUT2D eigenvalue weighted by molar-refractivity contribution is 4.21. The number of hydrogen-bond acceptors (Lipinski definition) is 5. The summed E-state index contributed by atoms with van der Waals surface area (Å²) in [5.41, 5.74) is 0. The van der Waals surface area contributed by atoms with Crippen LogP contribution in [0.2, 0.25) is 0 Å². The average molecular weight is 272 g/mol. The van der Waals surface area contributed by atoms with Gasteiger partial charge in [0.1, 0.15) is 0 Å². The van der Waals surface area contributed by atoms with E-state index in [2.05, 4.69) is 0 Å². The summed E-state index contributed by atoms with van der Waals surface area (Å²) >= 11 is 0. The van der Waals surface area contributed by atoms with Gasteiger partial charge in [0, 0.05) is 31.5 Å². The lowest BCUT2D eigenvalue weighted by Crippen LogP contribution is -1.85. The number of aliphatic hydroxyl groups excluding tert-OH is 5. The van der Waals surface area contributed by atoms with Crippen LogP contribution < -0.4 is 0 Å². The quantitative estimate of drug-likeness (QED) is 0.455. The van der Waals surface area contributed by atoms with Gasteiger partial charge in [0.25, 0.3) is 0 Å². The van der Waals surface area contributed by atoms with E-state index in [4.69, 9.17) is 25.5 Å². The summed E-state index contributed by atoms with van der Waals surface area (Å²) in [5, 5.41) is 39.3. The van der Waals surface area contributed by atoms with Crippen molar-refractivity contribution in [2.75, 3.05) is 13.2 Å². The molecule has 0 aliphatic rings. The zero-order valence-electron chi connectivity index (χ0n) is 13.4. The summed E-state index contributed by atoms with van der Waals surface area (Å²) in [6.07, 6.45) is -0.500. The molecule has 5 heteroatoms. The van der Waals surface area contributed by atoms with E-state index in [0.29, 0.717) is 0 Å². The minimum absolute atomic E-state index is 0.167. The molecule has 0 bridgehead atoms. The van der Waals surface area contributed by atoms with Crippen LogP contribution in [0.25, 0.3) is 0 Å². The third-order valence-electron chi connectivity index (χ3n) is 0. The first kappa shape index (κ1) is 30.7. The third kappa shape index (κ3) is 86500. The molecule has 0 fully saturated rings. The molecular weight excluding hydrogens is 236 g/mol. The zero-order chi connectivity index (χ0) is 16.1. The Hall–Kier alpha value is -0.200. The molecule has 0 heterocycles. The van der Waals surface area contributed by atoms with E-state index in [1.54, 1.807) is 55.4 Å². The maximum absolute atomic E-state index is 8.06. The van der Waals surface area contributed by atoms with E-state index in [-0.39, 0.29) is 31.5 Å². The molecule has 18 heavy (non-hydrogen) atoms. The van der Waals surface area contributed by atoms with E-state index in [9.17, 15) is 0 Å². The van der Waals surface area contributed by atoms with Crippen molar-refractivity contribution in [3.05, 3.63) is 0 Å². The number of hydrogen-bond donors (Lipinski definition) is 5. The van der Waals surface area contributed by atoms with Gasteiger partial charge in [0.2, 0.25) is 0 Å². The molecule has 0 aliphatic carbocycles. The fourth-order valence-corrected chi connectivity index (χ4v) is 0. The zero-order valence-corrected chi connectivity index (χ0v) is 13.4. The Labute approximate surface area is 113 Å². The van der Waals surface area contributed by atoms with Crippen LogP contribution in [-0.2, 0) is 0 Å². The Bertz CT molecular complexity index is 60.9. The maximum atomic E-state index is 8.06. The van der Waals surface area contributed by atoms with Crippen LogP contribution in [0, 0.1) is 0 Å². The Morgan fingerprint density at radius 2 is 0.556 bits per heavy atom. The maximum Gasteiger partial charge on any atom is 0.0483 e. The van der Waals surface area contributed by atoms with Crippen LogP contribution in [0.4, 0.5) is 0 Å². The summed E-state index contributed by atoms with van der Waals surface area (Å²) in [5.74, 6) is 0. The lowest BCUT2D eigenvalue weighted by atomic mass is 10.5. The molecule has 0 saturated carbocycles. The van der Waals surface area contributed by atoms with E-state index in [0.717, 1.165) is 0 Å². The minimum atomic E-state index is -0.167. The van der Waals surface area contributed by atoms with Gasteiger partial charge in [-0.25, -0.2) is 0 Å². The first-order valence-electron chi connectivity index (χ1n) is 6.29. The van der Waals surface area contributed by atoms with Gasteiger partial charge in [-0.1, -0.05) is 0 Å². The molecule has 0 rings (SSSR count). The minimum Gasteiger partial charge on any atom is -0.397 e. The van der Waals surface area contributed by atoms with Gasteiger partial charge in [0.15, 0.2) is 0 Å². The highest BCUT2D eigenvalue weighted by Crippen LogP contribution is 1.65. The molecule has 0 atom stereocenters. The highest BCUT2D eigenvalue weighted by atomic mass is 16.3. The molecule has 0 aromatic carbocycles. The first-order valence-corrected chi connectivity index (χ1v) is 6.29. The molecular formula is C13H36O5. The van der Waals surface area contributed by atoms with Crippen LogP contribution >= 0.6 is 0 Å². The number of rotatable bonds is 0. The second-order valence-electron chi connectivity index (χ2n) is 3.91. The molecule has 0 amide bonds. The number of aliphatic hydroxyl groups is 5. The van der Waals surface area contributed by atoms with Crippen molar-refractivity contribution in [1.29, 1.82) is 0 Å². The molecule has 118 valence electrons. The van der Waals surface area contributed by atoms with E-state index >= 15 is 0 Å². The first-order chi connectivity index (χ1) is 8.02. The molecule has 0 aromatic rings. The standard InChI is InChI=1S/3C3H8O.2C2H6O/c3*1-3(2)4;2*1-2-3/h3*3-4H,1-2H3;2*3H,2H2,1H3. The molecule has 0 radical (unpaired) electrons.